The number of thioether (sulfide) groups is 2. The summed E-state index contributed by atoms with van der Waals surface area (Å²) >= 11 is 3.14. The maximum atomic E-state index is 14.9. The Morgan fingerprint density at radius 3 is 1.73 bits per heavy atom. The number of amides is 3. The minimum atomic E-state index is -4.12. The fraction of sp³-hybridized carbons (Fsp3) is 0.417. The molecule has 1 fully saturated rings. The zero-order valence-electron chi connectivity index (χ0n) is 29.0. The summed E-state index contributed by atoms with van der Waals surface area (Å²) in [7, 11) is -2.58. The molecule has 10 nitrogen and oxygen atoms in total. The zero-order chi connectivity index (χ0) is 35.7. The topological polar surface area (TPSA) is 123 Å². The summed E-state index contributed by atoms with van der Waals surface area (Å²) < 4.78 is 32.4. The highest BCUT2D eigenvalue weighted by Crippen LogP contribution is 2.54. The second kappa shape index (κ2) is 17.4. The largest absolute Gasteiger partial charge is 0.497 e. The van der Waals surface area contributed by atoms with Crippen molar-refractivity contribution in [2.75, 3.05) is 26.2 Å². The van der Waals surface area contributed by atoms with E-state index in [4.69, 9.17) is 13.8 Å². The van der Waals surface area contributed by atoms with Gasteiger partial charge in [-0.05, 0) is 110 Å². The van der Waals surface area contributed by atoms with Gasteiger partial charge in [-0.25, -0.2) is 4.57 Å². The highest BCUT2D eigenvalue weighted by Gasteiger charge is 2.46. The van der Waals surface area contributed by atoms with E-state index in [9.17, 15) is 18.9 Å². The van der Waals surface area contributed by atoms with Crippen LogP contribution in [0.25, 0.3) is 0 Å². The van der Waals surface area contributed by atoms with Gasteiger partial charge in [-0.15, -0.1) is 23.5 Å². The van der Waals surface area contributed by atoms with E-state index < -0.39 is 37.3 Å². The molecule has 13 heteroatoms. The SMILES string of the molecule is COc1ccc(C(=O)NC(C(=O)N2CCCC2C(=O)NC(C(C)C)P(=O)(Oc2ccc(SC)cc2)Oc2ccc(SC)cc2)C(C)C)cc1. The van der Waals surface area contributed by atoms with E-state index in [-0.39, 0.29) is 17.7 Å². The lowest BCUT2D eigenvalue weighted by Crippen LogP contribution is -2.56. The maximum Gasteiger partial charge on any atom is 0.453 e. The molecule has 1 aliphatic rings. The van der Waals surface area contributed by atoms with E-state index in [0.29, 0.717) is 42.2 Å². The lowest BCUT2D eigenvalue weighted by atomic mass is 10.0. The van der Waals surface area contributed by atoms with Crippen LogP contribution in [0.2, 0.25) is 0 Å². The van der Waals surface area contributed by atoms with Gasteiger partial charge < -0.3 is 29.3 Å². The Hall–Kier alpha value is -3.60. The number of likely N-dealkylation sites (tertiary alicyclic amines) is 1. The van der Waals surface area contributed by atoms with Crippen molar-refractivity contribution < 1.29 is 32.7 Å². The van der Waals surface area contributed by atoms with Gasteiger partial charge in [0.05, 0.1) is 7.11 Å². The van der Waals surface area contributed by atoms with Crippen molar-refractivity contribution in [3.8, 4) is 17.2 Å². The first kappa shape index (κ1) is 38.2. The van der Waals surface area contributed by atoms with Crippen LogP contribution in [0.4, 0.5) is 0 Å². The number of nitrogens with zero attached hydrogens (tertiary/aromatic N) is 1. The predicted molar refractivity (Wildman–Crippen MR) is 196 cm³/mol. The highest BCUT2D eigenvalue weighted by atomic mass is 32.2. The first-order valence-corrected chi connectivity index (χ1v) is 20.3. The molecule has 264 valence electrons. The molecule has 0 aromatic heterocycles. The Labute approximate surface area is 298 Å². The fourth-order valence-electron chi connectivity index (χ4n) is 5.51. The van der Waals surface area contributed by atoms with E-state index in [1.165, 1.54) is 4.90 Å². The number of ether oxygens (including phenoxy) is 1. The van der Waals surface area contributed by atoms with Crippen LogP contribution in [0.3, 0.4) is 0 Å². The summed E-state index contributed by atoms with van der Waals surface area (Å²) in [5, 5.41) is 5.83. The van der Waals surface area contributed by atoms with E-state index in [0.717, 1.165) is 9.79 Å². The lowest BCUT2D eigenvalue weighted by molar-refractivity contribution is -0.140. The average molecular weight is 728 g/mol. The van der Waals surface area contributed by atoms with E-state index in [1.807, 2.05) is 64.5 Å². The molecule has 3 atom stereocenters. The van der Waals surface area contributed by atoms with Gasteiger partial charge in [-0.3, -0.25) is 14.4 Å². The Morgan fingerprint density at radius 1 is 0.776 bits per heavy atom. The van der Waals surface area contributed by atoms with Crippen LogP contribution in [-0.2, 0) is 14.2 Å². The number of hydrogen-bond acceptors (Lipinski definition) is 9. The molecular weight excluding hydrogens is 682 g/mol. The number of methoxy groups -OCH3 is 1. The van der Waals surface area contributed by atoms with Crippen LogP contribution in [0.15, 0.2) is 82.6 Å². The van der Waals surface area contributed by atoms with Crippen LogP contribution in [0.5, 0.6) is 17.2 Å². The smallest absolute Gasteiger partial charge is 0.453 e. The van der Waals surface area contributed by atoms with Crippen LogP contribution in [-0.4, -0.2) is 66.7 Å². The number of nitrogens with one attached hydrogen (secondary N) is 2. The minimum absolute atomic E-state index is 0.251. The molecule has 49 heavy (non-hydrogen) atoms. The first-order chi connectivity index (χ1) is 23.4. The monoisotopic (exact) mass is 727 g/mol. The number of benzene rings is 3. The lowest BCUT2D eigenvalue weighted by Gasteiger charge is -2.34. The molecule has 0 spiro atoms. The third kappa shape index (κ3) is 9.77. The maximum absolute atomic E-state index is 14.9. The third-order valence-corrected chi connectivity index (χ3v) is 12.1. The van der Waals surface area contributed by atoms with E-state index in [1.54, 1.807) is 79.2 Å². The molecule has 3 amide bonds. The summed E-state index contributed by atoms with van der Waals surface area (Å²) in [6.45, 7) is 7.70. The van der Waals surface area contributed by atoms with Crippen molar-refractivity contribution in [1.29, 1.82) is 0 Å². The molecule has 0 saturated carbocycles. The van der Waals surface area contributed by atoms with Crippen LogP contribution in [0, 0.1) is 11.8 Å². The quantitative estimate of drug-likeness (QED) is 0.122. The molecule has 3 aromatic carbocycles. The molecule has 4 rings (SSSR count). The van der Waals surface area contributed by atoms with Crippen LogP contribution < -0.4 is 24.4 Å². The van der Waals surface area contributed by atoms with Crippen molar-refractivity contribution >= 4 is 48.8 Å². The Bertz CT molecular complexity index is 1570. The number of carbonyl (C=O) groups excluding carboxylic acids is 3. The van der Waals surface area contributed by atoms with Gasteiger partial charge in [-0.2, -0.15) is 0 Å². The predicted octanol–water partition coefficient (Wildman–Crippen LogP) is 7.33. The normalized spacial score (nSPS) is 15.9. The van der Waals surface area contributed by atoms with Crippen LogP contribution >= 0.6 is 31.1 Å². The standard InChI is InChI=1S/C36H46N3O7PS2/c1-23(2)32(37-33(40)25-10-12-26(44-5)13-11-25)36(42)39-22-8-9-31(39)34(41)38-35(24(3)4)47(43,45-27-14-18-29(48-6)19-15-27)46-28-16-20-30(49-7)21-17-28/h10-21,23-24,31-32,35H,8-9,22H2,1-7H3,(H,37,40)(H,38,41). The molecular formula is C36H46N3O7PS2. The molecule has 3 unspecified atom stereocenters. The molecule has 1 saturated heterocycles. The van der Waals surface area contributed by atoms with Gasteiger partial charge in [-0.1, -0.05) is 27.7 Å². The first-order valence-electron chi connectivity index (χ1n) is 16.2. The fourth-order valence-corrected chi connectivity index (χ4v) is 8.44. The second-order valence-electron chi connectivity index (χ2n) is 12.4. The van der Waals surface area contributed by atoms with Gasteiger partial charge in [0.15, 0.2) is 5.78 Å². The van der Waals surface area contributed by atoms with Crippen molar-refractivity contribution in [3.63, 3.8) is 0 Å². The molecule has 2 N–H and O–H groups in total. The summed E-state index contributed by atoms with van der Waals surface area (Å²) in [4.78, 5) is 44.7. The van der Waals surface area contributed by atoms with Gasteiger partial charge in [0.2, 0.25) is 11.8 Å². The Kier molecular flexibility index (Phi) is 13.5. The van der Waals surface area contributed by atoms with E-state index in [2.05, 4.69) is 10.6 Å². The number of rotatable bonds is 15. The number of carbonyl (C=O) groups is 3. The van der Waals surface area contributed by atoms with Crippen molar-refractivity contribution in [1.82, 2.24) is 15.5 Å². The van der Waals surface area contributed by atoms with Gasteiger partial charge in [0.1, 0.15) is 29.3 Å². The molecule has 3 aromatic rings. The van der Waals surface area contributed by atoms with Crippen LogP contribution in [0.1, 0.15) is 50.9 Å². The Balaban J connectivity index is 1.57. The molecule has 0 aliphatic carbocycles. The number of hydrogen-bond donors (Lipinski definition) is 2. The summed E-state index contributed by atoms with van der Waals surface area (Å²) in [5.74, 6) is -1.59. The van der Waals surface area contributed by atoms with Crippen molar-refractivity contribution in [3.05, 3.63) is 78.4 Å². The minimum Gasteiger partial charge on any atom is -0.497 e. The summed E-state index contributed by atoms with van der Waals surface area (Å²) in [6, 6.07) is 19.3. The van der Waals surface area contributed by atoms with Crippen molar-refractivity contribution in [2.24, 2.45) is 11.8 Å². The second-order valence-corrected chi connectivity index (χ2v) is 16.1. The average Bonchev–Trinajstić information content (AvgIpc) is 3.60. The van der Waals surface area contributed by atoms with Gasteiger partial charge in [0, 0.05) is 21.9 Å². The highest BCUT2D eigenvalue weighted by molar-refractivity contribution is 7.98. The molecule has 1 heterocycles. The van der Waals surface area contributed by atoms with Crippen molar-refractivity contribution in [2.45, 2.75) is 68.2 Å². The summed E-state index contributed by atoms with van der Waals surface area (Å²) in [5.41, 5.74) is 0.386. The zero-order valence-corrected chi connectivity index (χ0v) is 31.5. The molecule has 0 radical (unpaired) electrons. The molecule has 1 aliphatic heterocycles. The molecule has 0 bridgehead atoms. The van der Waals surface area contributed by atoms with Gasteiger partial charge in [0.25, 0.3) is 5.91 Å². The van der Waals surface area contributed by atoms with E-state index >= 15 is 0 Å². The Morgan fingerprint density at radius 2 is 1.29 bits per heavy atom. The third-order valence-electron chi connectivity index (χ3n) is 8.26. The summed E-state index contributed by atoms with van der Waals surface area (Å²) in [6.07, 6.45) is 4.93. The van der Waals surface area contributed by atoms with Gasteiger partial charge >= 0.3 is 7.60 Å².